The molecule has 1 aromatic carbocycles. The molecule has 2 heterocycles. The summed E-state index contributed by atoms with van der Waals surface area (Å²) < 4.78 is 6.78. The van der Waals surface area contributed by atoms with Crippen molar-refractivity contribution in [3.63, 3.8) is 0 Å². The molecular formula is C13H12N4O2. The van der Waals surface area contributed by atoms with Gasteiger partial charge in [0.1, 0.15) is 5.75 Å². The Hall–Kier alpha value is -2.76. The minimum atomic E-state index is 0.154. The Labute approximate surface area is 109 Å². The number of anilines is 1. The summed E-state index contributed by atoms with van der Waals surface area (Å²) in [5.41, 5.74) is 7.50. The average Bonchev–Trinajstić information content (AvgIpc) is 2.80. The number of fused-ring (bicyclic) bond motifs is 1. The van der Waals surface area contributed by atoms with Crippen molar-refractivity contribution in [1.29, 1.82) is 0 Å². The van der Waals surface area contributed by atoms with Crippen LogP contribution in [0, 0.1) is 0 Å². The maximum Gasteiger partial charge on any atom is 0.240 e. The minimum absolute atomic E-state index is 0.154. The van der Waals surface area contributed by atoms with E-state index in [1.807, 2.05) is 6.07 Å². The first-order chi connectivity index (χ1) is 9.20. The van der Waals surface area contributed by atoms with Crippen LogP contribution in [0.4, 0.5) is 5.95 Å². The molecule has 3 aromatic rings. The van der Waals surface area contributed by atoms with Crippen molar-refractivity contribution in [3.05, 3.63) is 36.4 Å². The molecular weight excluding hydrogens is 244 g/mol. The summed E-state index contributed by atoms with van der Waals surface area (Å²) in [5, 5.41) is 14.1. The molecule has 0 amide bonds. The zero-order valence-electron chi connectivity index (χ0n) is 10.2. The first-order valence-electron chi connectivity index (χ1n) is 5.68. The topological polar surface area (TPSA) is 85.7 Å². The highest BCUT2D eigenvalue weighted by atomic mass is 16.5. The quantitative estimate of drug-likeness (QED) is 0.728. The molecule has 0 spiro atoms. The maximum atomic E-state index is 9.93. The number of phenolic OH excluding ortho intramolecular Hbond substituents is 1. The van der Waals surface area contributed by atoms with Crippen LogP contribution in [0.5, 0.6) is 11.5 Å². The predicted molar refractivity (Wildman–Crippen MR) is 71.1 cm³/mol. The molecule has 96 valence electrons. The van der Waals surface area contributed by atoms with E-state index >= 15 is 0 Å². The van der Waals surface area contributed by atoms with Gasteiger partial charge in [-0.3, -0.25) is 0 Å². The summed E-state index contributed by atoms with van der Waals surface area (Å²) in [5.74, 6) is 0.896. The molecule has 0 aliphatic carbocycles. The summed E-state index contributed by atoms with van der Waals surface area (Å²) in [7, 11) is 1.56. The van der Waals surface area contributed by atoms with Gasteiger partial charge in [0.2, 0.25) is 5.95 Å². The lowest BCUT2D eigenvalue weighted by Crippen LogP contribution is -1.97. The number of phenols is 1. The van der Waals surface area contributed by atoms with E-state index in [0.717, 1.165) is 0 Å². The number of hydrogen-bond acceptors (Lipinski definition) is 5. The molecule has 3 N–H and O–H groups in total. The normalized spacial score (nSPS) is 10.8. The number of rotatable bonds is 2. The van der Waals surface area contributed by atoms with Crippen molar-refractivity contribution in [2.24, 2.45) is 0 Å². The van der Waals surface area contributed by atoms with Crippen molar-refractivity contribution < 1.29 is 9.84 Å². The van der Waals surface area contributed by atoms with Gasteiger partial charge in [0, 0.05) is 5.56 Å². The third-order valence-corrected chi connectivity index (χ3v) is 2.86. The Kier molecular flexibility index (Phi) is 2.49. The van der Waals surface area contributed by atoms with Gasteiger partial charge in [-0.25, -0.2) is 4.52 Å². The monoisotopic (exact) mass is 256 g/mol. The van der Waals surface area contributed by atoms with E-state index < -0.39 is 0 Å². The average molecular weight is 256 g/mol. The maximum absolute atomic E-state index is 9.93. The van der Waals surface area contributed by atoms with Crippen LogP contribution in [0.2, 0.25) is 0 Å². The third kappa shape index (κ3) is 1.74. The van der Waals surface area contributed by atoms with E-state index in [1.165, 1.54) is 0 Å². The van der Waals surface area contributed by atoms with E-state index in [4.69, 9.17) is 10.5 Å². The van der Waals surface area contributed by atoms with E-state index in [-0.39, 0.29) is 11.7 Å². The molecule has 3 rings (SSSR count). The van der Waals surface area contributed by atoms with Crippen molar-refractivity contribution >= 4 is 11.6 Å². The van der Waals surface area contributed by atoms with Gasteiger partial charge in [-0.05, 0) is 24.3 Å². The van der Waals surface area contributed by atoms with Crippen molar-refractivity contribution in [3.8, 4) is 22.8 Å². The Morgan fingerprint density at radius 2 is 2.00 bits per heavy atom. The molecule has 0 atom stereocenters. The number of nitrogens with two attached hydrogens (primary N) is 1. The molecule has 0 saturated carbocycles. The highest BCUT2D eigenvalue weighted by molar-refractivity contribution is 5.71. The van der Waals surface area contributed by atoms with Crippen LogP contribution in [0.25, 0.3) is 16.9 Å². The zero-order valence-corrected chi connectivity index (χ0v) is 10.2. The standard InChI is InChI=1S/C13H12N4O2/c1-19-11-7-6-9(8-4-2-3-5-10(8)18)17-12(11)15-13(14)16-17/h2-7,18H,1H3,(H2,14,16). The summed E-state index contributed by atoms with van der Waals surface area (Å²) in [4.78, 5) is 4.12. The van der Waals surface area contributed by atoms with Crippen LogP contribution >= 0.6 is 0 Å². The molecule has 0 fully saturated rings. The smallest absolute Gasteiger partial charge is 0.240 e. The Morgan fingerprint density at radius 1 is 1.21 bits per heavy atom. The summed E-state index contributed by atoms with van der Waals surface area (Å²) in [6.45, 7) is 0. The van der Waals surface area contributed by atoms with Gasteiger partial charge >= 0.3 is 0 Å². The molecule has 6 heteroatoms. The molecule has 6 nitrogen and oxygen atoms in total. The molecule has 0 radical (unpaired) electrons. The van der Waals surface area contributed by atoms with Crippen LogP contribution in [0.15, 0.2) is 36.4 Å². The lowest BCUT2D eigenvalue weighted by atomic mass is 10.1. The molecule has 2 aromatic heterocycles. The number of ether oxygens (including phenoxy) is 1. The van der Waals surface area contributed by atoms with Crippen LogP contribution in [0.1, 0.15) is 0 Å². The fraction of sp³-hybridized carbons (Fsp3) is 0.0769. The number of nitrogen functional groups attached to an aromatic ring is 1. The molecule has 0 aliphatic heterocycles. The first kappa shape index (κ1) is 11.3. The van der Waals surface area contributed by atoms with Gasteiger partial charge in [-0.2, -0.15) is 4.98 Å². The molecule has 0 unspecified atom stereocenters. The second kappa shape index (κ2) is 4.16. The van der Waals surface area contributed by atoms with Crippen molar-refractivity contribution in [1.82, 2.24) is 14.6 Å². The molecule has 0 bridgehead atoms. The van der Waals surface area contributed by atoms with Gasteiger partial charge in [0.15, 0.2) is 11.4 Å². The molecule has 0 aliphatic rings. The second-order valence-corrected chi connectivity index (χ2v) is 4.01. The highest BCUT2D eigenvalue weighted by Crippen LogP contribution is 2.31. The fourth-order valence-electron chi connectivity index (χ4n) is 2.01. The number of aromatic hydroxyl groups is 1. The van der Waals surface area contributed by atoms with E-state index in [9.17, 15) is 5.11 Å². The number of para-hydroxylation sites is 1. The highest BCUT2D eigenvalue weighted by Gasteiger charge is 2.14. The predicted octanol–water partition coefficient (Wildman–Crippen LogP) is 1.69. The largest absolute Gasteiger partial charge is 0.507 e. The minimum Gasteiger partial charge on any atom is -0.507 e. The van der Waals surface area contributed by atoms with Gasteiger partial charge in [-0.1, -0.05) is 12.1 Å². The molecule has 19 heavy (non-hydrogen) atoms. The molecule has 0 saturated heterocycles. The van der Waals surface area contributed by atoms with E-state index in [1.54, 1.807) is 42.0 Å². The number of hydrogen-bond donors (Lipinski definition) is 2. The Morgan fingerprint density at radius 3 is 2.74 bits per heavy atom. The zero-order chi connectivity index (χ0) is 13.4. The first-order valence-corrected chi connectivity index (χ1v) is 5.68. The van der Waals surface area contributed by atoms with Crippen molar-refractivity contribution in [2.45, 2.75) is 0 Å². The summed E-state index contributed by atoms with van der Waals surface area (Å²) >= 11 is 0. The fourth-order valence-corrected chi connectivity index (χ4v) is 2.01. The van der Waals surface area contributed by atoms with Gasteiger partial charge < -0.3 is 15.6 Å². The number of pyridine rings is 1. The van der Waals surface area contributed by atoms with Crippen LogP contribution in [0.3, 0.4) is 0 Å². The third-order valence-electron chi connectivity index (χ3n) is 2.86. The Bertz CT molecular complexity index is 751. The van der Waals surface area contributed by atoms with Crippen molar-refractivity contribution in [2.75, 3.05) is 12.8 Å². The summed E-state index contributed by atoms with van der Waals surface area (Å²) in [6, 6.07) is 10.6. The van der Waals surface area contributed by atoms with Gasteiger partial charge in [0.05, 0.1) is 12.8 Å². The van der Waals surface area contributed by atoms with E-state index in [2.05, 4.69) is 10.1 Å². The lowest BCUT2D eigenvalue weighted by Gasteiger charge is -2.08. The lowest BCUT2D eigenvalue weighted by molar-refractivity contribution is 0.416. The van der Waals surface area contributed by atoms with Gasteiger partial charge in [0.25, 0.3) is 0 Å². The number of benzene rings is 1. The van der Waals surface area contributed by atoms with Crippen LogP contribution in [-0.4, -0.2) is 26.8 Å². The van der Waals surface area contributed by atoms with Crippen LogP contribution < -0.4 is 10.5 Å². The second-order valence-electron chi connectivity index (χ2n) is 4.01. The van der Waals surface area contributed by atoms with E-state index in [0.29, 0.717) is 22.7 Å². The Balaban J connectivity index is 2.34. The van der Waals surface area contributed by atoms with Gasteiger partial charge in [-0.15, -0.1) is 5.10 Å². The number of aromatic nitrogens is 3. The van der Waals surface area contributed by atoms with Crippen LogP contribution in [-0.2, 0) is 0 Å². The summed E-state index contributed by atoms with van der Waals surface area (Å²) in [6.07, 6.45) is 0. The SMILES string of the molecule is COc1ccc(-c2ccccc2O)n2nc(N)nc12. The number of nitrogens with zero attached hydrogens (tertiary/aromatic N) is 3. The number of methoxy groups -OCH3 is 1.